The first-order valence-electron chi connectivity index (χ1n) is 17.5. The third-order valence-corrected chi connectivity index (χ3v) is 9.16. The number of carbonyl (C=O) groups is 4. The number of ether oxygens (including phenoxy) is 1. The largest absolute Gasteiger partial charge is 0.464 e. The molecule has 2 aromatic rings. The number of anilines is 1. The van der Waals surface area contributed by atoms with E-state index in [1.165, 1.54) is 12.1 Å². The fourth-order valence-corrected chi connectivity index (χ4v) is 5.53. The van der Waals surface area contributed by atoms with Crippen molar-refractivity contribution in [1.29, 1.82) is 0 Å². The maximum atomic E-state index is 14.2. The lowest BCUT2D eigenvalue weighted by Crippen LogP contribution is -2.74. The van der Waals surface area contributed by atoms with Gasteiger partial charge in [0.1, 0.15) is 6.54 Å². The number of carbonyl (C=O) groups excluding carboxylic acids is 4. The van der Waals surface area contributed by atoms with E-state index in [1.54, 1.807) is 18.2 Å². The SMILES string of the molecule is C#CCN(CC(=O)OCCC(F)(F)C(F)(F)C(F)(F)C(F)(F)C(F)(F)C(F)(F)C(F)(F)C(F)(F)F)C(=O)c1cccc(NC(=O)NCCCCCCNC(=O)c2cccc(I)c2)c1. The van der Waals surface area contributed by atoms with Gasteiger partial charge in [0.2, 0.25) is 0 Å². The highest BCUT2D eigenvalue weighted by Gasteiger charge is 2.95. The number of alkyl halides is 17. The van der Waals surface area contributed by atoms with Crippen molar-refractivity contribution in [1.82, 2.24) is 15.5 Å². The quantitative estimate of drug-likeness (QED) is 0.0358. The molecule has 0 aromatic heterocycles. The first-order valence-corrected chi connectivity index (χ1v) is 18.6. The van der Waals surface area contributed by atoms with E-state index in [1.807, 2.05) is 12.0 Å². The van der Waals surface area contributed by atoms with Crippen molar-refractivity contribution in [3.05, 3.63) is 63.2 Å². The zero-order valence-corrected chi connectivity index (χ0v) is 33.7. The molecule has 2 aromatic carbocycles. The van der Waals surface area contributed by atoms with E-state index in [-0.39, 0.29) is 23.7 Å². The maximum absolute atomic E-state index is 14.2. The lowest BCUT2D eigenvalue weighted by Gasteiger charge is -2.42. The summed E-state index contributed by atoms with van der Waals surface area (Å²) < 4.78 is 235. The van der Waals surface area contributed by atoms with E-state index in [0.717, 1.165) is 15.7 Å². The van der Waals surface area contributed by atoms with Crippen molar-refractivity contribution >= 4 is 52.1 Å². The minimum Gasteiger partial charge on any atom is -0.464 e. The lowest BCUT2D eigenvalue weighted by atomic mass is 9.88. The van der Waals surface area contributed by atoms with Gasteiger partial charge >= 0.3 is 59.6 Å². The van der Waals surface area contributed by atoms with Crippen LogP contribution in [0.15, 0.2) is 48.5 Å². The summed E-state index contributed by atoms with van der Waals surface area (Å²) in [7, 11) is 0. The molecule has 352 valence electrons. The maximum Gasteiger partial charge on any atom is 0.460 e. The zero-order valence-electron chi connectivity index (χ0n) is 31.6. The first kappa shape index (κ1) is 54.4. The summed E-state index contributed by atoms with van der Waals surface area (Å²) in [6.07, 6.45) is -3.18. The number of hydrogen-bond donors (Lipinski definition) is 3. The van der Waals surface area contributed by atoms with Crippen molar-refractivity contribution in [3.63, 3.8) is 0 Å². The normalized spacial score (nSPS) is 13.2. The molecule has 0 radical (unpaired) electrons. The molecule has 0 unspecified atom stereocenters. The Balaban J connectivity index is 1.96. The molecule has 63 heavy (non-hydrogen) atoms. The van der Waals surface area contributed by atoms with Crippen molar-refractivity contribution < 1.29 is 98.6 Å². The molecular formula is C36H32F17IN4O5. The van der Waals surface area contributed by atoms with E-state index >= 15 is 0 Å². The molecule has 0 aliphatic carbocycles. The van der Waals surface area contributed by atoms with Crippen LogP contribution in [0.5, 0.6) is 0 Å². The van der Waals surface area contributed by atoms with Gasteiger partial charge in [-0.25, -0.2) is 4.79 Å². The summed E-state index contributed by atoms with van der Waals surface area (Å²) >= 11 is 2.08. The van der Waals surface area contributed by atoms with Gasteiger partial charge in [0.25, 0.3) is 11.8 Å². The number of nitrogens with zero attached hydrogens (tertiary/aromatic N) is 1. The number of rotatable bonds is 22. The van der Waals surface area contributed by atoms with Crippen LogP contribution < -0.4 is 16.0 Å². The summed E-state index contributed by atoms with van der Waals surface area (Å²) in [5.74, 6) is -59.0. The van der Waals surface area contributed by atoms with E-state index in [4.69, 9.17) is 6.42 Å². The number of hydrogen-bond acceptors (Lipinski definition) is 5. The van der Waals surface area contributed by atoms with Gasteiger partial charge in [-0.1, -0.05) is 30.9 Å². The number of halogens is 18. The topological polar surface area (TPSA) is 117 Å². The van der Waals surface area contributed by atoms with Gasteiger partial charge in [0.15, 0.2) is 0 Å². The summed E-state index contributed by atoms with van der Waals surface area (Å²) in [5.41, 5.74) is 0.200. The predicted molar refractivity (Wildman–Crippen MR) is 194 cm³/mol. The Labute approximate surface area is 358 Å². The van der Waals surface area contributed by atoms with E-state index in [0.29, 0.717) is 42.7 Å². The monoisotopic (exact) mass is 1050 g/mol. The number of benzene rings is 2. The van der Waals surface area contributed by atoms with Crippen LogP contribution in [-0.2, 0) is 9.53 Å². The van der Waals surface area contributed by atoms with Gasteiger partial charge in [-0.05, 0) is 71.8 Å². The molecule has 0 aliphatic rings. The highest BCUT2D eigenvalue weighted by Crippen LogP contribution is 2.64. The van der Waals surface area contributed by atoms with Crippen LogP contribution in [0.1, 0.15) is 52.8 Å². The molecule has 0 saturated heterocycles. The Morgan fingerprint density at radius 3 is 1.70 bits per heavy atom. The standard InChI is InChI=1S/C36H32F17IN4O5/c1-2-16-58(27(61)22-10-8-12-24(19-22)57-28(62)56-15-6-4-3-5-14-55-26(60)21-9-7-11-23(54)18-21)20-25(59)63-17-13-29(37,38)30(39,40)31(41,42)32(43,44)33(45,46)34(47,48)35(49,50)36(51,52)53/h1,7-12,18-19H,3-6,13-17,20H2,(H,55,60)(H2,56,57,62). The number of terminal acetylenes is 1. The van der Waals surface area contributed by atoms with Crippen LogP contribution in [0, 0.1) is 15.9 Å². The molecule has 27 heteroatoms. The molecule has 3 N–H and O–H groups in total. The zero-order chi connectivity index (χ0) is 48.5. The third-order valence-electron chi connectivity index (χ3n) is 8.48. The molecule has 0 bridgehead atoms. The molecule has 4 amide bonds. The number of nitrogens with one attached hydrogen (secondary N) is 3. The van der Waals surface area contributed by atoms with Crippen molar-refractivity contribution in [2.45, 2.75) is 79.7 Å². The predicted octanol–water partition coefficient (Wildman–Crippen LogP) is 9.42. The Kier molecular flexibility index (Phi) is 18.0. The van der Waals surface area contributed by atoms with E-state index in [2.05, 4.69) is 43.3 Å². The Morgan fingerprint density at radius 1 is 0.651 bits per heavy atom. The highest BCUT2D eigenvalue weighted by atomic mass is 127. The summed E-state index contributed by atoms with van der Waals surface area (Å²) in [4.78, 5) is 50.3. The van der Waals surface area contributed by atoms with Gasteiger partial charge in [0.05, 0.1) is 19.6 Å². The molecular weight excluding hydrogens is 1020 g/mol. The molecule has 9 nitrogen and oxygen atoms in total. The molecule has 0 spiro atoms. The Hall–Kier alpha value is -4.78. The second-order valence-electron chi connectivity index (χ2n) is 13.1. The van der Waals surface area contributed by atoms with Crippen molar-refractivity contribution in [2.75, 3.05) is 38.1 Å². The Bertz CT molecular complexity index is 1980. The van der Waals surface area contributed by atoms with Gasteiger partial charge < -0.3 is 25.6 Å². The second kappa shape index (κ2) is 20.8. The molecule has 0 aliphatic heterocycles. The van der Waals surface area contributed by atoms with Gasteiger partial charge in [-0.15, -0.1) is 6.42 Å². The van der Waals surface area contributed by atoms with Crippen LogP contribution in [0.2, 0.25) is 0 Å². The minimum atomic E-state index is -8.78. The van der Waals surface area contributed by atoms with Crippen molar-refractivity contribution in [3.8, 4) is 12.3 Å². The van der Waals surface area contributed by atoms with Crippen LogP contribution in [0.3, 0.4) is 0 Å². The van der Waals surface area contributed by atoms with Crippen LogP contribution >= 0.6 is 22.6 Å². The molecule has 0 fully saturated rings. The third kappa shape index (κ3) is 12.3. The van der Waals surface area contributed by atoms with Gasteiger partial charge in [0, 0.05) is 33.5 Å². The number of unbranched alkanes of at least 4 members (excludes halogenated alkanes) is 3. The average molecular weight is 1050 g/mol. The van der Waals surface area contributed by atoms with E-state index < -0.39 is 91.7 Å². The lowest BCUT2D eigenvalue weighted by molar-refractivity contribution is -0.461. The fourth-order valence-electron chi connectivity index (χ4n) is 4.98. The van der Waals surface area contributed by atoms with Crippen molar-refractivity contribution in [2.24, 2.45) is 0 Å². The number of urea groups is 1. The Morgan fingerprint density at radius 2 is 1.16 bits per heavy atom. The smallest absolute Gasteiger partial charge is 0.460 e. The minimum absolute atomic E-state index is 0.00786. The highest BCUT2D eigenvalue weighted by molar-refractivity contribution is 14.1. The number of esters is 1. The first-order chi connectivity index (χ1) is 28.7. The van der Waals surface area contributed by atoms with E-state index in [9.17, 15) is 93.8 Å². The molecule has 2 rings (SSSR count). The molecule has 0 heterocycles. The summed E-state index contributed by atoms with van der Waals surface area (Å²) in [5, 5.41) is 7.75. The summed E-state index contributed by atoms with van der Waals surface area (Å²) in [6.45, 7) is -3.71. The van der Waals surface area contributed by atoms with Gasteiger partial charge in [-0.2, -0.15) is 74.6 Å². The van der Waals surface area contributed by atoms with Gasteiger partial charge in [-0.3, -0.25) is 14.4 Å². The number of amides is 4. The molecule has 0 atom stereocenters. The second-order valence-corrected chi connectivity index (χ2v) is 14.4. The van der Waals surface area contributed by atoms with Crippen LogP contribution in [0.25, 0.3) is 0 Å². The average Bonchev–Trinajstić information content (AvgIpc) is 3.17. The van der Waals surface area contributed by atoms with Crippen LogP contribution in [0.4, 0.5) is 85.1 Å². The summed E-state index contributed by atoms with van der Waals surface area (Å²) in [6, 6.07) is 11.0. The van der Waals surface area contributed by atoms with Crippen LogP contribution in [-0.4, -0.2) is 109 Å². The fraction of sp³-hybridized carbons (Fsp3) is 0.500. The molecule has 0 saturated carbocycles.